The minimum absolute atomic E-state index is 0.0285. The number of rotatable bonds is 5. The number of hydrogen-bond donors (Lipinski definition) is 2. The van der Waals surface area contributed by atoms with E-state index in [1.54, 1.807) is 0 Å². The van der Waals surface area contributed by atoms with E-state index in [4.69, 9.17) is 17.1 Å². The van der Waals surface area contributed by atoms with E-state index in [2.05, 4.69) is 10.3 Å². The van der Waals surface area contributed by atoms with Crippen molar-refractivity contribution in [2.45, 2.75) is 18.8 Å². The van der Waals surface area contributed by atoms with Crippen molar-refractivity contribution >= 4 is 17.0 Å². The summed E-state index contributed by atoms with van der Waals surface area (Å²) in [5.74, 6) is 0. The van der Waals surface area contributed by atoms with Gasteiger partial charge in [0.15, 0.2) is 0 Å². The van der Waals surface area contributed by atoms with Crippen LogP contribution in [-0.2, 0) is 17.5 Å². The number of benzene rings is 1. The number of H-pyrrole nitrogens is 1. The van der Waals surface area contributed by atoms with E-state index in [1.165, 1.54) is 18.2 Å². The van der Waals surface area contributed by atoms with Crippen molar-refractivity contribution in [1.29, 1.82) is 0 Å². The quantitative estimate of drug-likeness (QED) is 0.886. The number of likely N-dealkylation sites (N-methyl/N-ethyl adjacent to an activating group) is 1. The second-order valence-corrected chi connectivity index (χ2v) is 4.69. The number of carbonyl (C=O) groups excluding carboxylic acids is 1. The fraction of sp³-hybridized carbons (Fsp3) is 0.438. The summed E-state index contributed by atoms with van der Waals surface area (Å²) in [6, 6.07) is 2.22. The van der Waals surface area contributed by atoms with Crippen LogP contribution in [0.15, 0.2) is 24.4 Å². The Bertz CT molecular complexity index is 988. The molecule has 1 aliphatic rings. The molecule has 1 aromatic carbocycles. The number of aromatic amines is 1. The number of fused-ring (bicyclic) bond motifs is 1. The van der Waals surface area contributed by atoms with Gasteiger partial charge in [-0.15, -0.1) is 0 Å². The summed E-state index contributed by atoms with van der Waals surface area (Å²) in [7, 11) is 1.13. The second kappa shape index (κ2) is 5.77. The van der Waals surface area contributed by atoms with Crippen molar-refractivity contribution in [3.05, 3.63) is 35.5 Å². The summed E-state index contributed by atoms with van der Waals surface area (Å²) in [5.41, 5.74) is 0.642. The first-order valence-electron chi connectivity index (χ1n) is 10.9. The molecule has 1 atom stereocenters. The van der Waals surface area contributed by atoms with E-state index < -0.39 is 45.0 Å². The van der Waals surface area contributed by atoms with Gasteiger partial charge in [-0.1, -0.05) is 6.07 Å². The van der Waals surface area contributed by atoms with Crippen LogP contribution in [0.3, 0.4) is 0 Å². The smallest absolute Gasteiger partial charge is 0.407 e. The number of ether oxygens (including phenoxy) is 1. The average Bonchev–Trinajstić information content (AvgIpc) is 3.13. The number of aromatic nitrogens is 1. The van der Waals surface area contributed by atoms with E-state index in [0.717, 1.165) is 7.05 Å². The number of amides is 1. The molecule has 112 valence electrons. The number of hydrogen-bond acceptors (Lipinski definition) is 3. The van der Waals surface area contributed by atoms with Gasteiger partial charge in [0.2, 0.25) is 0 Å². The molecule has 2 aromatic rings. The SMILES string of the molecule is [2H]c1[nH]c2ccc(C([2H])([2H])[C@@]3([2H])COC(=O)N3)cc2c1CC([2H])([2H])N(C)C([2H])([2H])[2H]. The first-order chi connectivity index (χ1) is 13.6. The summed E-state index contributed by atoms with van der Waals surface area (Å²) in [6.45, 7) is -5.49. The maximum absolute atomic E-state index is 11.4. The van der Waals surface area contributed by atoms with Gasteiger partial charge in [-0.25, -0.2) is 4.79 Å². The Balaban J connectivity index is 2.04. The lowest BCUT2D eigenvalue weighted by Crippen LogP contribution is -2.28. The zero-order chi connectivity index (χ0) is 22.7. The predicted molar refractivity (Wildman–Crippen MR) is 82.5 cm³/mol. The molecular formula is C16H21N3O2. The molecule has 0 radical (unpaired) electrons. The van der Waals surface area contributed by atoms with Crippen LogP contribution in [0.1, 0.15) is 23.5 Å². The highest BCUT2D eigenvalue weighted by molar-refractivity contribution is 5.84. The van der Waals surface area contributed by atoms with Crippen LogP contribution in [0.25, 0.3) is 10.9 Å². The van der Waals surface area contributed by atoms with E-state index in [0.29, 0.717) is 15.8 Å². The van der Waals surface area contributed by atoms with Crippen LogP contribution in [0.5, 0.6) is 0 Å². The number of cyclic esters (lactones) is 1. The minimum atomic E-state index is -2.68. The first kappa shape index (κ1) is 6.83. The molecule has 0 saturated carbocycles. The Morgan fingerprint density at radius 2 is 2.57 bits per heavy atom. The average molecular weight is 296 g/mol. The topological polar surface area (TPSA) is 57.4 Å². The highest BCUT2D eigenvalue weighted by Gasteiger charge is 2.22. The molecule has 3 rings (SSSR count). The third-order valence-electron chi connectivity index (χ3n) is 3.08. The Morgan fingerprint density at radius 1 is 1.67 bits per heavy atom. The van der Waals surface area contributed by atoms with Gasteiger partial charge in [0, 0.05) is 33.2 Å². The standard InChI is InChI=1S/C16H21N3O2/c1-19(2)6-5-12-9-17-15-4-3-11(8-14(12)15)7-13-10-21-16(20)18-13/h3-4,8-9,13,17H,5-7,10H2,1-2H3,(H,18,20)/t13-/m0/s1/i1D3,6D2,7D2,9D,13D. The Labute approximate surface area is 136 Å². The van der Waals surface area contributed by atoms with Gasteiger partial charge in [-0.2, -0.15) is 0 Å². The Morgan fingerprint density at radius 3 is 3.33 bits per heavy atom. The van der Waals surface area contributed by atoms with E-state index in [9.17, 15) is 4.79 Å². The van der Waals surface area contributed by atoms with Gasteiger partial charge in [0.05, 0.1) is 8.76 Å². The van der Waals surface area contributed by atoms with Gasteiger partial charge in [-0.3, -0.25) is 0 Å². The molecule has 0 bridgehead atoms. The van der Waals surface area contributed by atoms with Crippen LogP contribution in [0.4, 0.5) is 4.79 Å². The Hall–Kier alpha value is -2.01. The van der Waals surface area contributed by atoms with Crippen LogP contribution in [0.2, 0.25) is 0 Å². The maximum Gasteiger partial charge on any atom is 0.407 e. The van der Waals surface area contributed by atoms with Crippen LogP contribution < -0.4 is 5.32 Å². The summed E-state index contributed by atoms with van der Waals surface area (Å²) >= 11 is 0. The molecule has 1 saturated heterocycles. The van der Waals surface area contributed by atoms with E-state index >= 15 is 0 Å². The van der Waals surface area contributed by atoms with Crippen molar-refractivity contribution in [2.75, 3.05) is 27.1 Å². The molecule has 21 heavy (non-hydrogen) atoms. The second-order valence-electron chi connectivity index (χ2n) is 4.69. The van der Waals surface area contributed by atoms with Crippen molar-refractivity contribution in [1.82, 2.24) is 15.2 Å². The van der Waals surface area contributed by atoms with Crippen molar-refractivity contribution in [2.24, 2.45) is 0 Å². The van der Waals surface area contributed by atoms with Crippen molar-refractivity contribution in [3.8, 4) is 0 Å². The summed E-state index contributed by atoms with van der Waals surface area (Å²) in [5, 5.41) is 2.49. The van der Waals surface area contributed by atoms with Crippen molar-refractivity contribution < 1.29 is 21.9 Å². The minimum Gasteiger partial charge on any atom is -0.447 e. The highest BCUT2D eigenvalue weighted by atomic mass is 16.6. The maximum atomic E-state index is 11.4. The van der Waals surface area contributed by atoms with Crippen molar-refractivity contribution in [3.63, 3.8) is 0 Å². The largest absolute Gasteiger partial charge is 0.447 e. The molecule has 1 aliphatic heterocycles. The normalized spacial score (nSPS) is 30.0. The molecule has 5 heteroatoms. The number of carbonyl (C=O) groups is 1. The van der Waals surface area contributed by atoms with Crippen LogP contribution >= 0.6 is 0 Å². The van der Waals surface area contributed by atoms with Crippen LogP contribution in [-0.4, -0.2) is 49.1 Å². The molecule has 1 aromatic heterocycles. The van der Waals surface area contributed by atoms with Gasteiger partial charge in [-0.05, 0) is 50.1 Å². The first-order valence-corrected chi connectivity index (χ1v) is 6.39. The zero-order valence-electron chi connectivity index (χ0n) is 20.4. The molecule has 5 nitrogen and oxygen atoms in total. The van der Waals surface area contributed by atoms with E-state index in [-0.39, 0.29) is 17.3 Å². The number of nitrogens with zero attached hydrogens (tertiary/aromatic N) is 1. The fourth-order valence-corrected chi connectivity index (χ4v) is 2.10. The third-order valence-corrected chi connectivity index (χ3v) is 3.08. The van der Waals surface area contributed by atoms with Gasteiger partial charge >= 0.3 is 6.09 Å². The lowest BCUT2D eigenvalue weighted by Gasteiger charge is -2.09. The number of nitrogens with one attached hydrogen (secondary N) is 2. The van der Waals surface area contributed by atoms with Gasteiger partial charge < -0.3 is 19.9 Å². The summed E-state index contributed by atoms with van der Waals surface area (Å²) in [4.78, 5) is 14.7. The summed E-state index contributed by atoms with van der Waals surface area (Å²) in [6.07, 6.45) is -3.81. The lowest BCUT2D eigenvalue weighted by atomic mass is 10.0. The molecule has 2 heterocycles. The molecule has 0 spiro atoms. The fourth-order valence-electron chi connectivity index (χ4n) is 2.10. The van der Waals surface area contributed by atoms with E-state index in [1.807, 2.05) is 0 Å². The highest BCUT2D eigenvalue weighted by Crippen LogP contribution is 2.21. The Kier molecular flexibility index (Phi) is 1.88. The zero-order valence-corrected chi connectivity index (χ0v) is 11.4. The monoisotopic (exact) mass is 296 g/mol. The predicted octanol–water partition coefficient (Wildman–Crippen LogP) is 1.92. The lowest BCUT2D eigenvalue weighted by molar-refractivity contribution is 0.177. The van der Waals surface area contributed by atoms with Crippen LogP contribution in [0, 0.1) is 0 Å². The molecular weight excluding hydrogens is 266 g/mol. The summed E-state index contributed by atoms with van der Waals surface area (Å²) < 4.78 is 76.6. The number of aryl methyl sites for hydroxylation is 1. The van der Waals surface area contributed by atoms with Gasteiger partial charge in [0.1, 0.15) is 6.61 Å². The molecule has 0 aliphatic carbocycles. The molecule has 1 fully saturated rings. The van der Waals surface area contributed by atoms with Gasteiger partial charge in [0.25, 0.3) is 0 Å². The number of alkyl carbamates (subject to hydrolysis) is 1. The molecule has 2 N–H and O–H groups in total. The molecule has 0 unspecified atom stereocenters. The molecule has 1 amide bonds. The third kappa shape index (κ3) is 3.19.